The van der Waals surface area contributed by atoms with Gasteiger partial charge in [0.15, 0.2) is 0 Å². The molecule has 1 aromatic carbocycles. The molecule has 17 heavy (non-hydrogen) atoms. The maximum atomic E-state index is 5.89. The van der Waals surface area contributed by atoms with Crippen molar-refractivity contribution in [3.8, 4) is 0 Å². The van der Waals surface area contributed by atoms with Gasteiger partial charge in [-0.3, -0.25) is 4.90 Å². The molecule has 0 radical (unpaired) electrons. The van der Waals surface area contributed by atoms with Crippen molar-refractivity contribution in [2.45, 2.75) is 19.4 Å². The fraction of sp³-hybridized carbons (Fsp3) is 0.429. The molecule has 0 atom stereocenters. The monoisotopic (exact) mass is 229 g/mol. The van der Waals surface area contributed by atoms with Crippen molar-refractivity contribution in [1.82, 2.24) is 9.47 Å². The summed E-state index contributed by atoms with van der Waals surface area (Å²) in [7, 11) is 2.10. The molecule has 2 heterocycles. The number of benzene rings is 1. The quantitative estimate of drug-likeness (QED) is 0.802. The molecule has 0 bridgehead atoms. The van der Waals surface area contributed by atoms with Gasteiger partial charge in [0.1, 0.15) is 0 Å². The van der Waals surface area contributed by atoms with Crippen molar-refractivity contribution in [3.05, 3.63) is 30.0 Å². The van der Waals surface area contributed by atoms with E-state index in [9.17, 15) is 0 Å². The zero-order valence-corrected chi connectivity index (χ0v) is 10.3. The Bertz CT molecular complexity index is 536. The van der Waals surface area contributed by atoms with E-state index < -0.39 is 0 Å². The SMILES string of the molecule is Cn1cc(CN2CCCC2)c2cc(N)ccc21. The number of hydrogen-bond acceptors (Lipinski definition) is 2. The highest BCUT2D eigenvalue weighted by Crippen LogP contribution is 2.25. The van der Waals surface area contributed by atoms with E-state index in [0.29, 0.717) is 0 Å². The van der Waals surface area contributed by atoms with Crippen LogP contribution in [0.1, 0.15) is 18.4 Å². The number of nitrogens with zero attached hydrogens (tertiary/aromatic N) is 2. The number of nitrogen functional groups attached to an aromatic ring is 1. The lowest BCUT2D eigenvalue weighted by Gasteiger charge is -2.13. The summed E-state index contributed by atoms with van der Waals surface area (Å²) in [5.41, 5.74) is 9.41. The molecule has 0 spiro atoms. The van der Waals surface area contributed by atoms with Gasteiger partial charge in [-0.25, -0.2) is 0 Å². The second-order valence-corrected chi connectivity index (χ2v) is 5.03. The van der Waals surface area contributed by atoms with Crippen molar-refractivity contribution in [3.63, 3.8) is 0 Å². The lowest BCUT2D eigenvalue weighted by atomic mass is 10.1. The number of nitrogens with two attached hydrogens (primary N) is 1. The summed E-state index contributed by atoms with van der Waals surface area (Å²) in [6, 6.07) is 6.18. The van der Waals surface area contributed by atoms with Gasteiger partial charge in [-0.15, -0.1) is 0 Å². The predicted octanol–water partition coefficient (Wildman–Crippen LogP) is 2.36. The van der Waals surface area contributed by atoms with E-state index in [2.05, 4.69) is 34.8 Å². The van der Waals surface area contributed by atoms with Crippen LogP contribution in [0.3, 0.4) is 0 Å². The summed E-state index contributed by atoms with van der Waals surface area (Å²) in [5.74, 6) is 0. The van der Waals surface area contributed by atoms with Crippen LogP contribution < -0.4 is 5.73 Å². The first-order valence-electron chi connectivity index (χ1n) is 6.30. The zero-order chi connectivity index (χ0) is 11.8. The fourth-order valence-electron chi connectivity index (χ4n) is 2.80. The Labute approximate surface area is 102 Å². The van der Waals surface area contributed by atoms with Gasteiger partial charge in [0.05, 0.1) is 0 Å². The highest BCUT2D eigenvalue weighted by Gasteiger charge is 2.14. The van der Waals surface area contributed by atoms with E-state index in [1.54, 1.807) is 0 Å². The average Bonchev–Trinajstić information content (AvgIpc) is 2.89. The molecule has 1 aromatic heterocycles. The van der Waals surface area contributed by atoms with Gasteiger partial charge in [0, 0.05) is 36.4 Å². The maximum Gasteiger partial charge on any atom is 0.0482 e. The largest absolute Gasteiger partial charge is 0.399 e. The van der Waals surface area contributed by atoms with Gasteiger partial charge in [-0.05, 0) is 49.7 Å². The first-order chi connectivity index (χ1) is 8.24. The molecular formula is C14H19N3. The molecule has 2 N–H and O–H groups in total. The summed E-state index contributed by atoms with van der Waals surface area (Å²) in [6.07, 6.45) is 4.92. The van der Waals surface area contributed by atoms with Crippen molar-refractivity contribution in [2.24, 2.45) is 7.05 Å². The van der Waals surface area contributed by atoms with Crippen molar-refractivity contribution < 1.29 is 0 Å². The predicted molar refractivity (Wildman–Crippen MR) is 71.8 cm³/mol. The molecule has 1 aliphatic rings. The van der Waals surface area contributed by atoms with Crippen LogP contribution in [0.25, 0.3) is 10.9 Å². The Morgan fingerprint density at radius 3 is 2.76 bits per heavy atom. The Kier molecular flexibility index (Phi) is 2.56. The standard InChI is InChI=1S/C14H19N3/c1-16-9-11(10-17-6-2-3-7-17)13-8-12(15)4-5-14(13)16/h4-5,8-9H,2-3,6-7,10,15H2,1H3. The minimum Gasteiger partial charge on any atom is -0.399 e. The van der Waals surface area contributed by atoms with Gasteiger partial charge in [0.2, 0.25) is 0 Å². The molecule has 90 valence electrons. The van der Waals surface area contributed by atoms with Crippen LogP contribution in [0.2, 0.25) is 0 Å². The third kappa shape index (κ3) is 1.91. The average molecular weight is 229 g/mol. The number of fused-ring (bicyclic) bond motifs is 1. The molecule has 0 saturated carbocycles. The molecule has 1 saturated heterocycles. The number of hydrogen-bond donors (Lipinski definition) is 1. The Hall–Kier alpha value is -1.48. The third-order valence-electron chi connectivity index (χ3n) is 3.69. The van der Waals surface area contributed by atoms with E-state index >= 15 is 0 Å². The first-order valence-corrected chi connectivity index (χ1v) is 6.30. The van der Waals surface area contributed by atoms with Crippen molar-refractivity contribution >= 4 is 16.6 Å². The molecule has 2 aromatic rings. The summed E-state index contributed by atoms with van der Waals surface area (Å²) < 4.78 is 2.19. The molecular weight excluding hydrogens is 210 g/mol. The number of aromatic nitrogens is 1. The van der Waals surface area contributed by atoms with E-state index in [0.717, 1.165) is 12.2 Å². The van der Waals surface area contributed by atoms with E-state index in [-0.39, 0.29) is 0 Å². The van der Waals surface area contributed by atoms with Gasteiger partial charge in [-0.1, -0.05) is 0 Å². The van der Waals surface area contributed by atoms with Crippen molar-refractivity contribution in [2.75, 3.05) is 18.8 Å². The molecule has 1 fully saturated rings. The second-order valence-electron chi connectivity index (χ2n) is 5.03. The van der Waals surface area contributed by atoms with Crippen LogP contribution in [-0.4, -0.2) is 22.6 Å². The summed E-state index contributed by atoms with van der Waals surface area (Å²) in [4.78, 5) is 2.53. The Morgan fingerprint density at radius 2 is 2.00 bits per heavy atom. The summed E-state index contributed by atoms with van der Waals surface area (Å²) >= 11 is 0. The van der Waals surface area contributed by atoms with Gasteiger partial charge >= 0.3 is 0 Å². The van der Waals surface area contributed by atoms with Gasteiger partial charge in [-0.2, -0.15) is 0 Å². The first kappa shape index (κ1) is 10.7. The van der Waals surface area contributed by atoms with Crippen LogP contribution in [-0.2, 0) is 13.6 Å². The molecule has 1 aliphatic heterocycles. The highest BCUT2D eigenvalue weighted by molar-refractivity contribution is 5.86. The zero-order valence-electron chi connectivity index (χ0n) is 10.3. The minimum atomic E-state index is 0.853. The number of aryl methyl sites for hydroxylation is 1. The lowest BCUT2D eigenvalue weighted by molar-refractivity contribution is 0.332. The number of likely N-dealkylation sites (tertiary alicyclic amines) is 1. The molecule has 0 amide bonds. The lowest BCUT2D eigenvalue weighted by Crippen LogP contribution is -2.18. The minimum absolute atomic E-state index is 0.853. The molecule has 3 heteroatoms. The normalized spacial score (nSPS) is 17.0. The molecule has 0 unspecified atom stereocenters. The van der Waals surface area contributed by atoms with E-state index in [1.165, 1.54) is 42.4 Å². The smallest absolute Gasteiger partial charge is 0.0482 e. The van der Waals surface area contributed by atoms with Crippen LogP contribution in [0.4, 0.5) is 5.69 Å². The summed E-state index contributed by atoms with van der Waals surface area (Å²) in [5, 5.41) is 1.31. The van der Waals surface area contributed by atoms with E-state index in [4.69, 9.17) is 5.73 Å². The molecule has 3 rings (SSSR count). The summed E-state index contributed by atoms with van der Waals surface area (Å²) in [6.45, 7) is 3.53. The Morgan fingerprint density at radius 1 is 1.24 bits per heavy atom. The number of anilines is 1. The highest BCUT2D eigenvalue weighted by atomic mass is 15.1. The molecule has 3 nitrogen and oxygen atoms in total. The van der Waals surface area contributed by atoms with Crippen molar-refractivity contribution in [1.29, 1.82) is 0 Å². The van der Waals surface area contributed by atoms with Crippen LogP contribution in [0, 0.1) is 0 Å². The third-order valence-corrected chi connectivity index (χ3v) is 3.69. The second kappa shape index (κ2) is 4.08. The van der Waals surface area contributed by atoms with Gasteiger partial charge in [0.25, 0.3) is 0 Å². The van der Waals surface area contributed by atoms with Crippen LogP contribution in [0.15, 0.2) is 24.4 Å². The van der Waals surface area contributed by atoms with Crippen LogP contribution >= 0.6 is 0 Å². The molecule has 0 aliphatic carbocycles. The number of rotatable bonds is 2. The Balaban J connectivity index is 2.00. The van der Waals surface area contributed by atoms with Gasteiger partial charge < -0.3 is 10.3 Å². The maximum absolute atomic E-state index is 5.89. The van der Waals surface area contributed by atoms with Crippen LogP contribution in [0.5, 0.6) is 0 Å². The fourth-order valence-corrected chi connectivity index (χ4v) is 2.80. The van der Waals surface area contributed by atoms with E-state index in [1.807, 2.05) is 6.07 Å². The topological polar surface area (TPSA) is 34.2 Å².